The Morgan fingerprint density at radius 1 is 1.45 bits per heavy atom. The second-order valence-corrected chi connectivity index (χ2v) is 7.48. The molecule has 0 aromatic carbocycles. The van der Waals surface area contributed by atoms with Gasteiger partial charge in [0.25, 0.3) is 0 Å². The highest BCUT2D eigenvalue weighted by Gasteiger charge is 2.65. The number of rotatable bonds is 4. The number of aliphatic hydroxyl groups is 2. The average molecular weight is 280 g/mol. The molecule has 3 fully saturated rings. The van der Waals surface area contributed by atoms with E-state index in [4.69, 9.17) is 4.74 Å². The molecule has 0 amide bonds. The quantitative estimate of drug-likeness (QED) is 0.610. The first-order valence-corrected chi connectivity index (χ1v) is 7.54. The summed E-state index contributed by atoms with van der Waals surface area (Å²) in [7, 11) is 0. The molecule has 5 aliphatic rings. The summed E-state index contributed by atoms with van der Waals surface area (Å²) in [4.78, 5) is 12.4. The normalized spacial score (nSPS) is 38.8. The molecule has 3 unspecified atom stereocenters. The van der Waals surface area contributed by atoms with Crippen molar-refractivity contribution in [1.82, 2.24) is 0 Å². The van der Waals surface area contributed by atoms with Crippen molar-refractivity contribution in [2.24, 2.45) is 11.3 Å². The summed E-state index contributed by atoms with van der Waals surface area (Å²) >= 11 is 0. The molecule has 112 valence electrons. The minimum absolute atomic E-state index is 0.0371. The number of carbonyl (C=O) groups excluding carboxylic acids is 1. The lowest BCUT2D eigenvalue weighted by Gasteiger charge is -2.63. The third-order valence-corrected chi connectivity index (χ3v) is 5.58. The van der Waals surface area contributed by atoms with E-state index in [1.165, 1.54) is 0 Å². The lowest BCUT2D eigenvalue weighted by Crippen LogP contribution is -2.65. The van der Waals surface area contributed by atoms with Crippen LogP contribution in [0.3, 0.4) is 0 Å². The van der Waals surface area contributed by atoms with E-state index in [0.29, 0.717) is 18.8 Å². The van der Waals surface area contributed by atoms with Crippen molar-refractivity contribution in [2.75, 3.05) is 6.61 Å². The number of hydrogen-bond donors (Lipinski definition) is 2. The third kappa shape index (κ3) is 1.77. The first kappa shape index (κ1) is 14.1. The summed E-state index contributed by atoms with van der Waals surface area (Å²) in [6.07, 6.45) is 3.37. The maximum absolute atomic E-state index is 12.4. The van der Waals surface area contributed by atoms with E-state index in [1.54, 1.807) is 0 Å². The van der Waals surface area contributed by atoms with Gasteiger partial charge >= 0.3 is 5.97 Å². The van der Waals surface area contributed by atoms with Crippen molar-refractivity contribution >= 4 is 5.97 Å². The van der Waals surface area contributed by atoms with Gasteiger partial charge in [0.15, 0.2) is 0 Å². The van der Waals surface area contributed by atoms with E-state index in [0.717, 1.165) is 30.4 Å². The number of esters is 1. The zero-order chi connectivity index (χ0) is 14.8. The van der Waals surface area contributed by atoms with Gasteiger partial charge in [0, 0.05) is 12.8 Å². The van der Waals surface area contributed by atoms with E-state index in [1.807, 2.05) is 20.8 Å². The molecule has 2 N–H and O–H groups in total. The monoisotopic (exact) mass is 280 g/mol. The van der Waals surface area contributed by atoms with Crippen molar-refractivity contribution in [3.8, 4) is 0 Å². The summed E-state index contributed by atoms with van der Waals surface area (Å²) in [5.74, 6) is 0.104. The molecule has 0 aliphatic heterocycles. The van der Waals surface area contributed by atoms with Crippen molar-refractivity contribution < 1.29 is 19.7 Å². The standard InChI is InChI=1S/C16H24O4/c1-4-14(2,3)13(18)20-15-5-10-7-16(19,9-15)12(10)11(6-15)8-17/h10,17,19H,4-9H2,1-3H3. The van der Waals surface area contributed by atoms with E-state index < -0.39 is 16.6 Å². The van der Waals surface area contributed by atoms with Gasteiger partial charge < -0.3 is 14.9 Å². The number of hydrogen-bond acceptors (Lipinski definition) is 4. The molecule has 0 spiro atoms. The van der Waals surface area contributed by atoms with Crippen molar-refractivity contribution in [3.05, 3.63) is 11.1 Å². The predicted octanol–water partition coefficient (Wildman–Crippen LogP) is 1.94. The highest BCUT2D eigenvalue weighted by Crippen LogP contribution is 2.64. The molecule has 0 aromatic heterocycles. The predicted molar refractivity (Wildman–Crippen MR) is 73.9 cm³/mol. The van der Waals surface area contributed by atoms with Crippen molar-refractivity contribution in [1.29, 1.82) is 0 Å². The van der Waals surface area contributed by atoms with E-state index >= 15 is 0 Å². The van der Waals surface area contributed by atoms with Crippen LogP contribution in [0.15, 0.2) is 11.1 Å². The molecule has 0 aromatic rings. The first-order chi connectivity index (χ1) is 9.25. The molecule has 0 saturated heterocycles. The van der Waals surface area contributed by atoms with Crippen LogP contribution in [-0.4, -0.2) is 34.0 Å². The molecular formula is C16H24O4. The fourth-order valence-electron chi connectivity index (χ4n) is 4.23. The minimum Gasteiger partial charge on any atom is -0.458 e. The Bertz CT molecular complexity index is 493. The van der Waals surface area contributed by atoms with Crippen LogP contribution in [0, 0.1) is 11.3 Å². The maximum atomic E-state index is 12.4. The van der Waals surface area contributed by atoms with E-state index in [-0.39, 0.29) is 12.6 Å². The molecule has 4 heteroatoms. The Hall–Kier alpha value is -0.870. The molecule has 0 heterocycles. The van der Waals surface area contributed by atoms with Gasteiger partial charge in [-0.15, -0.1) is 0 Å². The van der Waals surface area contributed by atoms with Crippen LogP contribution in [0.25, 0.3) is 0 Å². The SMILES string of the molecule is CCC(C)(C)C(=O)OC12CC(CO)=C3C(C1)CC3(O)C2. The van der Waals surface area contributed by atoms with Crippen LogP contribution in [0.4, 0.5) is 0 Å². The van der Waals surface area contributed by atoms with Crippen LogP contribution in [0.5, 0.6) is 0 Å². The number of aliphatic hydroxyl groups excluding tert-OH is 1. The number of fused-ring (bicyclic) bond motifs is 1. The van der Waals surface area contributed by atoms with Gasteiger partial charge in [-0.2, -0.15) is 0 Å². The van der Waals surface area contributed by atoms with Crippen molar-refractivity contribution in [2.45, 2.75) is 64.1 Å². The maximum Gasteiger partial charge on any atom is 0.312 e. The van der Waals surface area contributed by atoms with Gasteiger partial charge in [0.1, 0.15) is 5.60 Å². The van der Waals surface area contributed by atoms with Gasteiger partial charge in [0.2, 0.25) is 0 Å². The second kappa shape index (κ2) is 4.08. The summed E-state index contributed by atoms with van der Waals surface area (Å²) in [6.45, 7) is 5.72. The zero-order valence-corrected chi connectivity index (χ0v) is 12.5. The van der Waals surface area contributed by atoms with Gasteiger partial charge in [-0.1, -0.05) is 6.92 Å². The molecule has 0 radical (unpaired) electrons. The number of carbonyl (C=O) groups is 1. The Balaban J connectivity index is 1.86. The first-order valence-electron chi connectivity index (χ1n) is 7.54. The van der Waals surface area contributed by atoms with Crippen LogP contribution in [0.2, 0.25) is 0 Å². The van der Waals surface area contributed by atoms with Crippen LogP contribution in [-0.2, 0) is 9.53 Å². The largest absolute Gasteiger partial charge is 0.458 e. The molecule has 20 heavy (non-hydrogen) atoms. The zero-order valence-electron chi connectivity index (χ0n) is 12.5. The number of ether oxygens (including phenoxy) is 1. The van der Waals surface area contributed by atoms with E-state index in [9.17, 15) is 15.0 Å². The fraction of sp³-hybridized carbons (Fsp3) is 0.812. The Morgan fingerprint density at radius 3 is 2.70 bits per heavy atom. The Kier molecular flexibility index (Phi) is 2.87. The molecule has 5 rings (SSSR count). The Labute approximate surface area is 119 Å². The molecule has 5 aliphatic carbocycles. The van der Waals surface area contributed by atoms with Gasteiger partial charge in [-0.05, 0) is 50.2 Å². The van der Waals surface area contributed by atoms with Crippen LogP contribution < -0.4 is 0 Å². The molecule has 4 bridgehead atoms. The van der Waals surface area contributed by atoms with Gasteiger partial charge in [-0.25, -0.2) is 0 Å². The highest BCUT2D eigenvalue weighted by molar-refractivity contribution is 5.76. The van der Waals surface area contributed by atoms with Gasteiger partial charge in [-0.3, -0.25) is 4.79 Å². The summed E-state index contributed by atoms with van der Waals surface area (Å²) in [5.41, 5.74) is 0.00947. The van der Waals surface area contributed by atoms with Crippen LogP contribution in [0.1, 0.15) is 52.9 Å². The lowest BCUT2D eigenvalue weighted by atomic mass is 9.47. The Morgan fingerprint density at radius 2 is 2.15 bits per heavy atom. The van der Waals surface area contributed by atoms with Crippen LogP contribution >= 0.6 is 0 Å². The molecule has 3 atom stereocenters. The van der Waals surface area contributed by atoms with Gasteiger partial charge in [0.05, 0.1) is 17.6 Å². The molecular weight excluding hydrogens is 256 g/mol. The summed E-state index contributed by atoms with van der Waals surface area (Å²) in [6, 6.07) is 0. The lowest BCUT2D eigenvalue weighted by molar-refractivity contribution is -0.203. The highest BCUT2D eigenvalue weighted by atomic mass is 16.6. The summed E-state index contributed by atoms with van der Waals surface area (Å²) in [5, 5.41) is 20.1. The topological polar surface area (TPSA) is 66.8 Å². The average Bonchev–Trinajstić information content (AvgIpc) is 2.36. The van der Waals surface area contributed by atoms with E-state index in [2.05, 4.69) is 0 Å². The molecule has 4 nitrogen and oxygen atoms in total. The molecule has 3 saturated carbocycles. The fourth-order valence-corrected chi connectivity index (χ4v) is 4.23. The summed E-state index contributed by atoms with van der Waals surface area (Å²) < 4.78 is 5.88. The minimum atomic E-state index is -0.824. The second-order valence-electron chi connectivity index (χ2n) is 7.48. The smallest absolute Gasteiger partial charge is 0.312 e. The van der Waals surface area contributed by atoms with Crippen molar-refractivity contribution in [3.63, 3.8) is 0 Å². The third-order valence-electron chi connectivity index (χ3n) is 5.58.